The zero-order chi connectivity index (χ0) is 18.9. The van der Waals surface area contributed by atoms with Crippen LogP contribution in [-0.2, 0) is 14.3 Å². The van der Waals surface area contributed by atoms with Gasteiger partial charge in [-0.15, -0.1) is 0 Å². The highest BCUT2D eigenvalue weighted by Crippen LogP contribution is 2.23. The van der Waals surface area contributed by atoms with Crippen LogP contribution in [0.15, 0.2) is 24.3 Å². The van der Waals surface area contributed by atoms with Gasteiger partial charge in [0.25, 0.3) is 11.6 Å². The summed E-state index contributed by atoms with van der Waals surface area (Å²) in [5.74, 6) is -0.716. The Morgan fingerprint density at radius 3 is 2.69 bits per heavy atom. The molecule has 1 saturated carbocycles. The molecule has 2 N–H and O–H groups in total. The molecule has 1 aliphatic rings. The van der Waals surface area contributed by atoms with Crippen LogP contribution in [0.3, 0.4) is 0 Å². The normalized spacial score (nSPS) is 15.3. The van der Waals surface area contributed by atoms with Crippen molar-refractivity contribution in [2.75, 3.05) is 11.9 Å². The smallest absolute Gasteiger partial charge is 0.306 e. The summed E-state index contributed by atoms with van der Waals surface area (Å²) in [6, 6.07) is 6.52. The molecule has 0 radical (unpaired) electrons. The van der Waals surface area contributed by atoms with E-state index in [1.165, 1.54) is 6.07 Å². The number of anilines is 1. The Labute approximate surface area is 152 Å². The number of hydrogen-bond donors (Lipinski definition) is 2. The maximum Gasteiger partial charge on any atom is 0.306 e. The molecule has 0 saturated heterocycles. The van der Waals surface area contributed by atoms with Crippen LogP contribution in [0, 0.1) is 10.1 Å². The van der Waals surface area contributed by atoms with Crippen molar-refractivity contribution in [3.8, 4) is 0 Å². The maximum absolute atomic E-state index is 12.0. The van der Waals surface area contributed by atoms with Crippen molar-refractivity contribution in [1.29, 1.82) is 0 Å². The summed E-state index contributed by atoms with van der Waals surface area (Å²) in [6.45, 7) is 1.95. The van der Waals surface area contributed by atoms with E-state index in [9.17, 15) is 19.7 Å². The minimum absolute atomic E-state index is 0.00715. The SMILES string of the molecule is C[C@@H](OC(=O)CCCNc1ccccc1[N+](=O)[O-])C(=O)NC1CCCC1. The van der Waals surface area contributed by atoms with Crippen LogP contribution < -0.4 is 10.6 Å². The lowest BCUT2D eigenvalue weighted by atomic mass is 10.2. The number of carbonyl (C=O) groups is 2. The molecule has 1 atom stereocenters. The number of esters is 1. The Morgan fingerprint density at radius 2 is 2.00 bits per heavy atom. The van der Waals surface area contributed by atoms with Crippen molar-refractivity contribution in [2.45, 2.75) is 57.6 Å². The standard InChI is InChI=1S/C18H25N3O5/c1-13(18(23)20-14-7-2-3-8-14)26-17(22)11-6-12-19-15-9-4-5-10-16(15)21(24)25/h4-5,9-10,13-14,19H,2-3,6-8,11-12H2,1H3,(H,20,23)/t13-/m1/s1. The van der Waals surface area contributed by atoms with Crippen LogP contribution in [0.1, 0.15) is 45.4 Å². The van der Waals surface area contributed by atoms with Crippen LogP contribution >= 0.6 is 0 Å². The van der Waals surface area contributed by atoms with E-state index in [0.717, 1.165) is 25.7 Å². The molecule has 1 fully saturated rings. The molecule has 8 heteroatoms. The lowest BCUT2D eigenvalue weighted by Gasteiger charge is -2.17. The summed E-state index contributed by atoms with van der Waals surface area (Å²) >= 11 is 0. The molecule has 1 aliphatic carbocycles. The molecule has 26 heavy (non-hydrogen) atoms. The molecule has 0 aromatic heterocycles. The second-order valence-electron chi connectivity index (χ2n) is 6.43. The lowest BCUT2D eigenvalue weighted by Crippen LogP contribution is -2.40. The van der Waals surface area contributed by atoms with Crippen molar-refractivity contribution >= 4 is 23.3 Å². The van der Waals surface area contributed by atoms with Gasteiger partial charge in [-0.1, -0.05) is 25.0 Å². The van der Waals surface area contributed by atoms with E-state index < -0.39 is 17.0 Å². The molecule has 0 spiro atoms. The molecule has 0 unspecified atom stereocenters. The Hall–Kier alpha value is -2.64. The summed E-state index contributed by atoms with van der Waals surface area (Å²) in [7, 11) is 0. The number of amides is 1. The quantitative estimate of drug-likeness (QED) is 0.302. The van der Waals surface area contributed by atoms with Crippen molar-refractivity contribution < 1.29 is 19.2 Å². The van der Waals surface area contributed by atoms with Gasteiger partial charge in [-0.2, -0.15) is 0 Å². The first-order valence-corrected chi connectivity index (χ1v) is 8.94. The van der Waals surface area contributed by atoms with Crippen LogP contribution in [-0.4, -0.2) is 35.5 Å². The van der Waals surface area contributed by atoms with E-state index in [0.29, 0.717) is 18.7 Å². The van der Waals surface area contributed by atoms with Crippen molar-refractivity contribution in [2.24, 2.45) is 0 Å². The van der Waals surface area contributed by atoms with Crippen LogP contribution in [0.4, 0.5) is 11.4 Å². The average molecular weight is 363 g/mol. The highest BCUT2D eigenvalue weighted by Gasteiger charge is 2.22. The van der Waals surface area contributed by atoms with Crippen LogP contribution in [0.25, 0.3) is 0 Å². The number of nitro groups is 1. The number of carbonyl (C=O) groups excluding carboxylic acids is 2. The summed E-state index contributed by atoms with van der Waals surface area (Å²) in [5, 5.41) is 16.8. The third-order valence-corrected chi connectivity index (χ3v) is 4.35. The second-order valence-corrected chi connectivity index (χ2v) is 6.43. The predicted molar refractivity (Wildman–Crippen MR) is 96.8 cm³/mol. The van der Waals surface area contributed by atoms with Gasteiger partial charge < -0.3 is 15.4 Å². The fourth-order valence-corrected chi connectivity index (χ4v) is 2.94. The van der Waals surface area contributed by atoms with Crippen molar-refractivity contribution in [1.82, 2.24) is 5.32 Å². The van der Waals surface area contributed by atoms with Crippen LogP contribution in [0.5, 0.6) is 0 Å². The number of nitro benzene ring substituents is 1. The lowest BCUT2D eigenvalue weighted by molar-refractivity contribution is -0.384. The van der Waals surface area contributed by atoms with Gasteiger partial charge in [0, 0.05) is 25.1 Å². The molecule has 8 nitrogen and oxygen atoms in total. The molecule has 1 amide bonds. The molecule has 0 aliphatic heterocycles. The number of para-hydroxylation sites is 2. The summed E-state index contributed by atoms with van der Waals surface area (Å²) in [4.78, 5) is 34.3. The molecule has 1 aromatic carbocycles. The third kappa shape index (κ3) is 6.02. The Balaban J connectivity index is 1.67. The minimum atomic E-state index is -0.814. The number of hydrogen-bond acceptors (Lipinski definition) is 6. The largest absolute Gasteiger partial charge is 0.453 e. The third-order valence-electron chi connectivity index (χ3n) is 4.35. The molecular formula is C18H25N3O5. The van der Waals surface area contributed by atoms with E-state index in [-0.39, 0.29) is 24.1 Å². The fourth-order valence-electron chi connectivity index (χ4n) is 2.94. The molecule has 0 bridgehead atoms. The second kappa shape index (κ2) is 9.74. The summed E-state index contributed by atoms with van der Waals surface area (Å²) in [6.07, 6.45) is 3.95. The highest BCUT2D eigenvalue weighted by molar-refractivity contribution is 5.83. The molecular weight excluding hydrogens is 338 g/mol. The summed E-state index contributed by atoms with van der Waals surface area (Å²) in [5.41, 5.74) is 0.405. The Morgan fingerprint density at radius 1 is 1.31 bits per heavy atom. The van der Waals surface area contributed by atoms with Gasteiger partial charge in [0.2, 0.25) is 0 Å². The van der Waals surface area contributed by atoms with Gasteiger partial charge in [0.15, 0.2) is 6.10 Å². The zero-order valence-electron chi connectivity index (χ0n) is 14.9. The van der Waals surface area contributed by atoms with Gasteiger partial charge in [-0.3, -0.25) is 19.7 Å². The van der Waals surface area contributed by atoms with Gasteiger partial charge in [-0.25, -0.2) is 0 Å². The highest BCUT2D eigenvalue weighted by atomic mass is 16.6. The number of benzene rings is 1. The minimum Gasteiger partial charge on any atom is -0.453 e. The first-order chi connectivity index (χ1) is 12.5. The van der Waals surface area contributed by atoms with Crippen molar-refractivity contribution in [3.05, 3.63) is 34.4 Å². The topological polar surface area (TPSA) is 111 Å². The van der Waals surface area contributed by atoms with Gasteiger partial charge in [0.1, 0.15) is 5.69 Å². The summed E-state index contributed by atoms with van der Waals surface area (Å²) < 4.78 is 5.15. The maximum atomic E-state index is 12.0. The first kappa shape index (κ1) is 19.7. The van der Waals surface area contributed by atoms with Crippen LogP contribution in [0.2, 0.25) is 0 Å². The number of rotatable bonds is 9. The van der Waals surface area contributed by atoms with E-state index in [4.69, 9.17) is 4.74 Å². The Bertz CT molecular complexity index is 643. The number of nitrogens with zero attached hydrogens (tertiary/aromatic N) is 1. The van der Waals surface area contributed by atoms with E-state index in [1.54, 1.807) is 25.1 Å². The van der Waals surface area contributed by atoms with E-state index in [1.807, 2.05) is 0 Å². The van der Waals surface area contributed by atoms with Crippen molar-refractivity contribution in [3.63, 3.8) is 0 Å². The fraction of sp³-hybridized carbons (Fsp3) is 0.556. The van der Waals surface area contributed by atoms with E-state index >= 15 is 0 Å². The predicted octanol–water partition coefficient (Wildman–Crippen LogP) is 2.78. The molecule has 142 valence electrons. The van der Waals surface area contributed by atoms with Gasteiger partial charge >= 0.3 is 5.97 Å². The average Bonchev–Trinajstić information content (AvgIpc) is 3.11. The number of nitrogens with one attached hydrogen (secondary N) is 2. The number of ether oxygens (including phenoxy) is 1. The molecule has 0 heterocycles. The van der Waals surface area contributed by atoms with Gasteiger partial charge in [0.05, 0.1) is 4.92 Å². The Kier molecular flexibility index (Phi) is 7.37. The monoisotopic (exact) mass is 363 g/mol. The molecule has 2 rings (SSSR count). The zero-order valence-corrected chi connectivity index (χ0v) is 14.9. The molecule has 1 aromatic rings. The van der Waals surface area contributed by atoms with E-state index in [2.05, 4.69) is 10.6 Å². The first-order valence-electron chi connectivity index (χ1n) is 8.94. The van der Waals surface area contributed by atoms with Gasteiger partial charge in [-0.05, 0) is 32.3 Å².